The van der Waals surface area contributed by atoms with Crippen LogP contribution in [0, 0.1) is 12.7 Å². The number of carbonyl (C=O) groups excluding carboxylic acids is 1. The third-order valence-electron chi connectivity index (χ3n) is 2.99. The zero-order chi connectivity index (χ0) is 14.7. The van der Waals surface area contributed by atoms with Gasteiger partial charge in [0.1, 0.15) is 5.82 Å². The van der Waals surface area contributed by atoms with Crippen molar-refractivity contribution in [1.82, 2.24) is 10.3 Å². The SMILES string of the molecule is Cc1cc(C(=O)NCCC(C)O)c2ccc(F)cc2n1. The first kappa shape index (κ1) is 14.4. The van der Waals surface area contributed by atoms with Gasteiger partial charge in [0, 0.05) is 23.7 Å². The van der Waals surface area contributed by atoms with E-state index in [2.05, 4.69) is 10.3 Å². The van der Waals surface area contributed by atoms with E-state index in [0.29, 0.717) is 35.1 Å². The summed E-state index contributed by atoms with van der Waals surface area (Å²) >= 11 is 0. The lowest BCUT2D eigenvalue weighted by atomic mass is 10.1. The molecule has 2 rings (SSSR count). The van der Waals surface area contributed by atoms with Crippen LogP contribution in [0.5, 0.6) is 0 Å². The molecule has 1 atom stereocenters. The predicted octanol–water partition coefficient (Wildman–Crippen LogP) is 2.18. The lowest BCUT2D eigenvalue weighted by molar-refractivity contribution is 0.0947. The van der Waals surface area contributed by atoms with Crippen molar-refractivity contribution in [2.75, 3.05) is 6.54 Å². The Hall–Kier alpha value is -2.01. The summed E-state index contributed by atoms with van der Waals surface area (Å²) in [6.07, 6.45) is 0.0304. The van der Waals surface area contributed by atoms with Crippen LogP contribution in [-0.4, -0.2) is 28.6 Å². The molecular formula is C15H17FN2O2. The van der Waals surface area contributed by atoms with Crippen LogP contribution >= 0.6 is 0 Å². The summed E-state index contributed by atoms with van der Waals surface area (Å²) in [5.41, 5.74) is 1.59. The average Bonchev–Trinajstić information content (AvgIpc) is 2.36. The molecule has 1 heterocycles. The average molecular weight is 276 g/mol. The molecule has 0 radical (unpaired) electrons. The van der Waals surface area contributed by atoms with Crippen LogP contribution in [-0.2, 0) is 0 Å². The van der Waals surface area contributed by atoms with Crippen molar-refractivity contribution < 1.29 is 14.3 Å². The first-order valence-electron chi connectivity index (χ1n) is 6.50. The molecule has 0 saturated heterocycles. The van der Waals surface area contributed by atoms with E-state index in [0.717, 1.165) is 0 Å². The fraction of sp³-hybridized carbons (Fsp3) is 0.333. The molecule has 4 nitrogen and oxygen atoms in total. The second kappa shape index (κ2) is 5.96. The van der Waals surface area contributed by atoms with Gasteiger partial charge < -0.3 is 10.4 Å². The Labute approximate surface area is 116 Å². The van der Waals surface area contributed by atoms with Crippen molar-refractivity contribution in [1.29, 1.82) is 0 Å². The summed E-state index contributed by atoms with van der Waals surface area (Å²) in [6, 6.07) is 5.86. The van der Waals surface area contributed by atoms with Crippen LogP contribution < -0.4 is 5.32 Å². The molecule has 0 aliphatic carbocycles. The summed E-state index contributed by atoms with van der Waals surface area (Å²) in [6.45, 7) is 3.82. The molecule has 20 heavy (non-hydrogen) atoms. The normalized spacial score (nSPS) is 12.4. The van der Waals surface area contributed by atoms with Gasteiger partial charge in [-0.3, -0.25) is 9.78 Å². The lowest BCUT2D eigenvalue weighted by Gasteiger charge is -2.10. The van der Waals surface area contributed by atoms with Gasteiger partial charge in [-0.25, -0.2) is 4.39 Å². The van der Waals surface area contributed by atoms with Crippen LogP contribution in [0.1, 0.15) is 29.4 Å². The lowest BCUT2D eigenvalue weighted by Crippen LogP contribution is -2.26. The van der Waals surface area contributed by atoms with Crippen LogP contribution in [0.2, 0.25) is 0 Å². The molecule has 1 unspecified atom stereocenters. The largest absolute Gasteiger partial charge is 0.393 e. The Kier molecular flexibility index (Phi) is 4.29. The maximum absolute atomic E-state index is 13.2. The van der Waals surface area contributed by atoms with Gasteiger partial charge in [0.2, 0.25) is 0 Å². The number of benzene rings is 1. The number of aryl methyl sites for hydroxylation is 1. The highest BCUT2D eigenvalue weighted by molar-refractivity contribution is 6.06. The fourth-order valence-corrected chi connectivity index (χ4v) is 2.01. The molecule has 2 aromatic rings. The molecule has 0 aliphatic rings. The highest BCUT2D eigenvalue weighted by Crippen LogP contribution is 2.19. The summed E-state index contributed by atoms with van der Waals surface area (Å²) in [5.74, 6) is -0.621. The van der Waals surface area contributed by atoms with Gasteiger partial charge in [0.25, 0.3) is 5.91 Å². The molecule has 2 N–H and O–H groups in total. The van der Waals surface area contributed by atoms with Gasteiger partial charge in [0.05, 0.1) is 17.2 Å². The number of aliphatic hydroxyl groups excluding tert-OH is 1. The van der Waals surface area contributed by atoms with Crippen LogP contribution in [0.3, 0.4) is 0 Å². The Morgan fingerprint density at radius 2 is 2.20 bits per heavy atom. The zero-order valence-corrected chi connectivity index (χ0v) is 11.5. The summed E-state index contributed by atoms with van der Waals surface area (Å²) < 4.78 is 13.2. The highest BCUT2D eigenvalue weighted by Gasteiger charge is 2.12. The Bertz CT molecular complexity index is 636. The van der Waals surface area contributed by atoms with Gasteiger partial charge in [-0.05, 0) is 38.5 Å². The minimum Gasteiger partial charge on any atom is -0.393 e. The van der Waals surface area contributed by atoms with Crippen LogP contribution in [0.15, 0.2) is 24.3 Å². The number of carbonyl (C=O) groups is 1. The number of nitrogens with zero attached hydrogens (tertiary/aromatic N) is 1. The molecule has 0 aliphatic heterocycles. The smallest absolute Gasteiger partial charge is 0.252 e. The van der Waals surface area contributed by atoms with E-state index in [-0.39, 0.29) is 11.7 Å². The molecule has 5 heteroatoms. The Balaban J connectivity index is 2.31. The molecule has 0 saturated carbocycles. The third-order valence-corrected chi connectivity index (χ3v) is 2.99. The molecule has 0 bridgehead atoms. The van der Waals surface area contributed by atoms with Crippen molar-refractivity contribution in [3.8, 4) is 0 Å². The second-order valence-corrected chi connectivity index (χ2v) is 4.87. The van der Waals surface area contributed by atoms with Crippen molar-refractivity contribution in [2.24, 2.45) is 0 Å². The minimum atomic E-state index is -0.458. The Morgan fingerprint density at radius 3 is 2.90 bits per heavy atom. The number of halogens is 1. The second-order valence-electron chi connectivity index (χ2n) is 4.87. The van der Waals surface area contributed by atoms with Crippen molar-refractivity contribution in [2.45, 2.75) is 26.4 Å². The van der Waals surface area contributed by atoms with E-state index >= 15 is 0 Å². The van der Waals surface area contributed by atoms with E-state index in [1.807, 2.05) is 0 Å². The van der Waals surface area contributed by atoms with E-state index in [1.165, 1.54) is 12.1 Å². The quantitative estimate of drug-likeness (QED) is 0.899. The molecule has 0 fully saturated rings. The molecule has 106 valence electrons. The number of aromatic nitrogens is 1. The highest BCUT2D eigenvalue weighted by atomic mass is 19.1. The molecule has 0 spiro atoms. The molecular weight excluding hydrogens is 259 g/mol. The topological polar surface area (TPSA) is 62.2 Å². The number of pyridine rings is 1. The fourth-order valence-electron chi connectivity index (χ4n) is 2.01. The molecule has 1 aromatic heterocycles. The van der Waals surface area contributed by atoms with E-state index < -0.39 is 6.10 Å². The number of amides is 1. The first-order chi connectivity index (χ1) is 9.47. The molecule has 1 amide bonds. The van der Waals surface area contributed by atoms with Gasteiger partial charge in [-0.2, -0.15) is 0 Å². The van der Waals surface area contributed by atoms with E-state index in [9.17, 15) is 14.3 Å². The van der Waals surface area contributed by atoms with Gasteiger partial charge in [0.15, 0.2) is 0 Å². The van der Waals surface area contributed by atoms with Crippen molar-refractivity contribution in [3.63, 3.8) is 0 Å². The number of rotatable bonds is 4. The summed E-state index contributed by atoms with van der Waals surface area (Å²) in [5, 5.41) is 12.5. The van der Waals surface area contributed by atoms with Crippen LogP contribution in [0.25, 0.3) is 10.9 Å². The number of hydrogen-bond donors (Lipinski definition) is 2. The van der Waals surface area contributed by atoms with Crippen LogP contribution in [0.4, 0.5) is 4.39 Å². The van der Waals surface area contributed by atoms with Gasteiger partial charge in [-0.15, -0.1) is 0 Å². The van der Waals surface area contributed by atoms with E-state index in [4.69, 9.17) is 0 Å². The van der Waals surface area contributed by atoms with Gasteiger partial charge >= 0.3 is 0 Å². The number of nitrogens with one attached hydrogen (secondary N) is 1. The first-order valence-corrected chi connectivity index (χ1v) is 6.50. The summed E-state index contributed by atoms with van der Waals surface area (Å²) in [4.78, 5) is 16.4. The van der Waals surface area contributed by atoms with Gasteiger partial charge in [-0.1, -0.05) is 0 Å². The van der Waals surface area contributed by atoms with Crippen molar-refractivity contribution in [3.05, 3.63) is 41.3 Å². The standard InChI is InChI=1S/C15H17FN2O2/c1-9-7-13(15(20)17-6-5-10(2)19)12-4-3-11(16)8-14(12)18-9/h3-4,7-8,10,19H,5-6H2,1-2H3,(H,17,20). The minimum absolute atomic E-state index is 0.243. The van der Waals surface area contributed by atoms with E-state index in [1.54, 1.807) is 26.0 Å². The number of fused-ring (bicyclic) bond motifs is 1. The molecule has 1 aromatic carbocycles. The number of hydrogen-bond acceptors (Lipinski definition) is 3. The zero-order valence-electron chi connectivity index (χ0n) is 11.5. The number of aliphatic hydroxyl groups is 1. The monoisotopic (exact) mass is 276 g/mol. The van der Waals surface area contributed by atoms with Crippen molar-refractivity contribution >= 4 is 16.8 Å². The maximum Gasteiger partial charge on any atom is 0.252 e. The summed E-state index contributed by atoms with van der Waals surface area (Å²) in [7, 11) is 0. The predicted molar refractivity (Wildman–Crippen MR) is 75.1 cm³/mol. The maximum atomic E-state index is 13.2. The third kappa shape index (κ3) is 3.30. The Morgan fingerprint density at radius 1 is 1.45 bits per heavy atom.